The maximum atomic E-state index is 13.1. The topological polar surface area (TPSA) is 95.0 Å². The second kappa shape index (κ2) is 10.2. The van der Waals surface area contributed by atoms with Crippen molar-refractivity contribution >= 4 is 29.2 Å². The minimum Gasteiger partial charge on any atom is -0.396 e. The molecule has 3 aromatic rings. The Labute approximate surface area is 163 Å². The highest BCUT2D eigenvalue weighted by Gasteiger charge is 2.08. The van der Waals surface area contributed by atoms with Crippen molar-refractivity contribution in [3.05, 3.63) is 60.4 Å². The Bertz CT molecular complexity index is 860. The Hall–Kier alpha value is -3.26. The fraction of sp³-hybridized carbons (Fsp3) is 0.250. The smallest absolute Gasteiger partial charge is 0.233 e. The maximum absolute atomic E-state index is 13.1. The summed E-state index contributed by atoms with van der Waals surface area (Å²) in [6.07, 6.45) is 2.59. The van der Waals surface area contributed by atoms with Crippen LogP contribution >= 0.6 is 0 Å². The predicted molar refractivity (Wildman–Crippen MR) is 109 cm³/mol. The van der Waals surface area contributed by atoms with Crippen LogP contribution in [0, 0.1) is 5.82 Å². The molecule has 0 saturated carbocycles. The zero-order chi connectivity index (χ0) is 19.6. The van der Waals surface area contributed by atoms with Crippen LogP contribution in [0.3, 0.4) is 0 Å². The van der Waals surface area contributed by atoms with E-state index in [1.165, 1.54) is 12.1 Å². The molecule has 3 rings (SSSR count). The summed E-state index contributed by atoms with van der Waals surface area (Å²) in [6, 6.07) is 15.6. The molecule has 1 heterocycles. The number of nitrogens with one attached hydrogen (secondary N) is 3. The van der Waals surface area contributed by atoms with Crippen molar-refractivity contribution in [2.24, 2.45) is 0 Å². The highest BCUT2D eigenvalue weighted by Crippen LogP contribution is 2.19. The normalized spacial score (nSPS) is 10.5. The summed E-state index contributed by atoms with van der Waals surface area (Å²) in [5, 5.41) is 18.3. The predicted octanol–water partition coefficient (Wildman–Crippen LogP) is 4.07. The molecule has 28 heavy (non-hydrogen) atoms. The van der Waals surface area contributed by atoms with E-state index in [-0.39, 0.29) is 12.4 Å². The summed E-state index contributed by atoms with van der Waals surface area (Å²) in [5.74, 6) is 0.862. The summed E-state index contributed by atoms with van der Waals surface area (Å²) in [7, 11) is 0. The fourth-order valence-corrected chi connectivity index (χ4v) is 2.49. The largest absolute Gasteiger partial charge is 0.396 e. The van der Waals surface area contributed by atoms with Crippen LogP contribution in [-0.4, -0.2) is 33.2 Å². The van der Waals surface area contributed by atoms with Crippen LogP contribution in [-0.2, 0) is 0 Å². The number of aliphatic hydroxyl groups is 1. The number of aromatic nitrogens is 3. The van der Waals surface area contributed by atoms with E-state index in [1.54, 1.807) is 12.1 Å². The first-order chi connectivity index (χ1) is 13.7. The molecular formula is C20H23FN6O. The number of nitrogens with zero attached hydrogens (tertiary/aromatic N) is 3. The van der Waals surface area contributed by atoms with Gasteiger partial charge in [0.1, 0.15) is 5.82 Å². The van der Waals surface area contributed by atoms with Gasteiger partial charge >= 0.3 is 0 Å². The number of hydrogen-bond donors (Lipinski definition) is 4. The average Bonchev–Trinajstić information content (AvgIpc) is 2.70. The molecular weight excluding hydrogens is 359 g/mol. The highest BCUT2D eigenvalue weighted by atomic mass is 19.1. The van der Waals surface area contributed by atoms with E-state index in [1.807, 2.05) is 30.3 Å². The number of unbranched alkanes of at least 4 members (excludes halogenated alkanes) is 2. The Balaban J connectivity index is 1.75. The van der Waals surface area contributed by atoms with Gasteiger partial charge in [-0.25, -0.2) is 4.39 Å². The summed E-state index contributed by atoms with van der Waals surface area (Å²) >= 11 is 0. The van der Waals surface area contributed by atoms with Gasteiger partial charge < -0.3 is 21.1 Å². The summed E-state index contributed by atoms with van der Waals surface area (Å²) in [5.41, 5.74) is 1.53. The number of hydrogen-bond acceptors (Lipinski definition) is 7. The zero-order valence-electron chi connectivity index (χ0n) is 15.4. The third-order valence-electron chi connectivity index (χ3n) is 3.88. The van der Waals surface area contributed by atoms with Gasteiger partial charge in [-0.15, -0.1) is 0 Å². The highest BCUT2D eigenvalue weighted by molar-refractivity contribution is 5.59. The van der Waals surface area contributed by atoms with Crippen LogP contribution in [0.2, 0.25) is 0 Å². The van der Waals surface area contributed by atoms with Crippen LogP contribution < -0.4 is 16.0 Å². The first kappa shape index (κ1) is 19.5. The standard InChI is InChI=1S/C20H23FN6O/c21-15-9-11-17(12-10-15)24-20-26-18(22-13-5-2-6-14-28)25-19(27-20)23-16-7-3-1-4-8-16/h1,3-4,7-12,28H,2,5-6,13-14H2,(H3,22,23,24,25,26,27). The van der Waals surface area contributed by atoms with Crippen molar-refractivity contribution in [3.8, 4) is 0 Å². The van der Waals surface area contributed by atoms with Crippen molar-refractivity contribution < 1.29 is 9.50 Å². The summed E-state index contributed by atoms with van der Waals surface area (Å²) in [4.78, 5) is 13.2. The maximum Gasteiger partial charge on any atom is 0.233 e. The lowest BCUT2D eigenvalue weighted by Gasteiger charge is -2.11. The van der Waals surface area contributed by atoms with Gasteiger partial charge in [-0.2, -0.15) is 15.0 Å². The third-order valence-corrected chi connectivity index (χ3v) is 3.88. The zero-order valence-corrected chi connectivity index (χ0v) is 15.4. The Morgan fingerprint density at radius 2 is 1.32 bits per heavy atom. The van der Waals surface area contributed by atoms with Crippen molar-refractivity contribution in [2.45, 2.75) is 19.3 Å². The molecule has 2 aromatic carbocycles. The minimum atomic E-state index is -0.308. The van der Waals surface area contributed by atoms with Crippen LogP contribution in [0.4, 0.5) is 33.6 Å². The molecule has 0 amide bonds. The van der Waals surface area contributed by atoms with Gasteiger partial charge in [0.25, 0.3) is 0 Å². The molecule has 0 aliphatic rings. The van der Waals surface area contributed by atoms with Crippen LogP contribution in [0.25, 0.3) is 0 Å². The van der Waals surface area contributed by atoms with E-state index in [4.69, 9.17) is 5.11 Å². The van der Waals surface area contributed by atoms with Gasteiger partial charge in [-0.1, -0.05) is 18.2 Å². The number of para-hydroxylation sites is 1. The lowest BCUT2D eigenvalue weighted by Crippen LogP contribution is -2.10. The number of anilines is 5. The van der Waals surface area contributed by atoms with Gasteiger partial charge in [-0.3, -0.25) is 0 Å². The number of halogens is 1. The second-order valence-electron chi connectivity index (χ2n) is 6.14. The molecule has 0 fully saturated rings. The van der Waals surface area contributed by atoms with Gasteiger partial charge in [0.05, 0.1) is 0 Å². The molecule has 0 aliphatic carbocycles. The molecule has 146 valence electrons. The van der Waals surface area contributed by atoms with Gasteiger partial charge in [0.2, 0.25) is 17.8 Å². The molecule has 4 N–H and O–H groups in total. The lowest BCUT2D eigenvalue weighted by molar-refractivity contribution is 0.283. The Morgan fingerprint density at radius 1 is 0.714 bits per heavy atom. The van der Waals surface area contributed by atoms with E-state index in [9.17, 15) is 4.39 Å². The monoisotopic (exact) mass is 382 g/mol. The van der Waals surface area contributed by atoms with E-state index in [2.05, 4.69) is 30.9 Å². The number of rotatable bonds is 10. The SMILES string of the molecule is OCCCCCNc1nc(Nc2ccccc2)nc(Nc2ccc(F)cc2)n1. The van der Waals surface area contributed by atoms with Crippen molar-refractivity contribution in [2.75, 3.05) is 29.1 Å². The summed E-state index contributed by atoms with van der Waals surface area (Å²) in [6.45, 7) is 0.882. The number of benzene rings is 2. The van der Waals surface area contributed by atoms with E-state index >= 15 is 0 Å². The number of aliphatic hydroxyl groups excluding tert-OH is 1. The lowest BCUT2D eigenvalue weighted by atomic mass is 10.2. The second-order valence-corrected chi connectivity index (χ2v) is 6.14. The van der Waals surface area contributed by atoms with Crippen LogP contribution in [0.15, 0.2) is 54.6 Å². The van der Waals surface area contributed by atoms with Crippen LogP contribution in [0.5, 0.6) is 0 Å². The fourth-order valence-electron chi connectivity index (χ4n) is 2.49. The quantitative estimate of drug-likeness (QED) is 0.393. The molecule has 0 aliphatic heterocycles. The van der Waals surface area contributed by atoms with Crippen molar-refractivity contribution in [3.63, 3.8) is 0 Å². The molecule has 0 radical (unpaired) electrons. The third kappa shape index (κ3) is 6.17. The first-order valence-electron chi connectivity index (χ1n) is 9.18. The van der Waals surface area contributed by atoms with Crippen LogP contribution in [0.1, 0.15) is 19.3 Å². The van der Waals surface area contributed by atoms with Gasteiger partial charge in [0.15, 0.2) is 0 Å². The summed E-state index contributed by atoms with van der Waals surface area (Å²) < 4.78 is 13.1. The minimum absolute atomic E-state index is 0.197. The molecule has 8 heteroatoms. The molecule has 0 unspecified atom stereocenters. The molecule has 7 nitrogen and oxygen atoms in total. The van der Waals surface area contributed by atoms with Gasteiger partial charge in [0, 0.05) is 24.5 Å². The van der Waals surface area contributed by atoms with Crippen molar-refractivity contribution in [1.82, 2.24) is 15.0 Å². The van der Waals surface area contributed by atoms with E-state index in [0.29, 0.717) is 30.1 Å². The molecule has 0 atom stereocenters. The average molecular weight is 382 g/mol. The Kier molecular flexibility index (Phi) is 7.08. The van der Waals surface area contributed by atoms with E-state index < -0.39 is 0 Å². The van der Waals surface area contributed by atoms with Gasteiger partial charge in [-0.05, 0) is 55.7 Å². The molecule has 0 spiro atoms. The van der Waals surface area contributed by atoms with E-state index in [0.717, 1.165) is 24.9 Å². The Morgan fingerprint density at radius 3 is 1.96 bits per heavy atom. The van der Waals surface area contributed by atoms with Crippen molar-refractivity contribution in [1.29, 1.82) is 0 Å². The first-order valence-corrected chi connectivity index (χ1v) is 9.18. The molecule has 1 aromatic heterocycles. The molecule has 0 bridgehead atoms. The molecule has 0 saturated heterocycles.